The first kappa shape index (κ1) is 9.33. The highest BCUT2D eigenvalue weighted by Gasteiger charge is 2.23. The summed E-state index contributed by atoms with van der Waals surface area (Å²) in [7, 11) is 0. The second-order valence-corrected chi connectivity index (χ2v) is 1.81. The van der Waals surface area contributed by atoms with Gasteiger partial charge in [0.15, 0.2) is 6.10 Å². The summed E-state index contributed by atoms with van der Waals surface area (Å²) in [5.74, 6) is 0. The molecule has 4 N–H and O–H groups in total. The fourth-order valence-corrected chi connectivity index (χ4v) is 0.395. The van der Waals surface area contributed by atoms with E-state index in [2.05, 4.69) is 0 Å². The molecular weight excluding hydrogens is 138 g/mol. The SMILES string of the molecule is N#CC(O)C(O)C(O)CO. The molecular formula is C5H9NO4. The van der Waals surface area contributed by atoms with Crippen LogP contribution in [0.2, 0.25) is 0 Å². The Bertz CT molecular complexity index is 132. The number of aliphatic hydroxyl groups excluding tert-OH is 4. The van der Waals surface area contributed by atoms with E-state index in [9.17, 15) is 0 Å². The summed E-state index contributed by atoms with van der Waals surface area (Å²) >= 11 is 0. The van der Waals surface area contributed by atoms with Crippen molar-refractivity contribution in [2.75, 3.05) is 6.61 Å². The molecule has 0 bridgehead atoms. The summed E-state index contributed by atoms with van der Waals surface area (Å²) in [6.45, 7) is -0.681. The van der Waals surface area contributed by atoms with Gasteiger partial charge in [-0.1, -0.05) is 0 Å². The molecule has 0 aliphatic heterocycles. The molecule has 0 saturated heterocycles. The van der Waals surface area contributed by atoms with Crippen molar-refractivity contribution in [3.05, 3.63) is 0 Å². The molecule has 0 amide bonds. The van der Waals surface area contributed by atoms with Gasteiger partial charge < -0.3 is 20.4 Å². The average molecular weight is 147 g/mol. The summed E-state index contributed by atoms with van der Waals surface area (Å²) in [4.78, 5) is 0. The average Bonchev–Trinajstić information content (AvgIpc) is 2.00. The van der Waals surface area contributed by atoms with Gasteiger partial charge >= 0.3 is 0 Å². The predicted octanol–water partition coefficient (Wildman–Crippen LogP) is -2.42. The van der Waals surface area contributed by atoms with Crippen LogP contribution in [0.3, 0.4) is 0 Å². The van der Waals surface area contributed by atoms with Gasteiger partial charge in [-0.3, -0.25) is 0 Å². The Balaban J connectivity index is 3.84. The van der Waals surface area contributed by atoms with Gasteiger partial charge in [0, 0.05) is 0 Å². The third kappa shape index (κ3) is 2.29. The smallest absolute Gasteiger partial charge is 0.168 e. The van der Waals surface area contributed by atoms with E-state index in [1.54, 1.807) is 0 Å². The van der Waals surface area contributed by atoms with Gasteiger partial charge in [0.2, 0.25) is 0 Å². The number of nitrogens with zero attached hydrogens (tertiary/aromatic N) is 1. The van der Waals surface area contributed by atoms with Crippen molar-refractivity contribution in [3.8, 4) is 6.07 Å². The molecule has 0 fully saturated rings. The summed E-state index contributed by atoms with van der Waals surface area (Å²) in [6.07, 6.45) is -4.72. The number of hydrogen-bond acceptors (Lipinski definition) is 5. The topological polar surface area (TPSA) is 105 Å². The molecule has 0 aromatic rings. The van der Waals surface area contributed by atoms with Gasteiger partial charge in [0.05, 0.1) is 12.7 Å². The molecule has 0 rings (SSSR count). The second kappa shape index (κ2) is 4.19. The lowest BCUT2D eigenvalue weighted by atomic mass is 10.1. The molecule has 10 heavy (non-hydrogen) atoms. The fraction of sp³-hybridized carbons (Fsp3) is 0.800. The van der Waals surface area contributed by atoms with E-state index in [1.807, 2.05) is 0 Å². The lowest BCUT2D eigenvalue weighted by Crippen LogP contribution is -2.38. The molecule has 0 aliphatic carbocycles. The minimum absolute atomic E-state index is 0.681. The van der Waals surface area contributed by atoms with Gasteiger partial charge in [-0.25, -0.2) is 0 Å². The van der Waals surface area contributed by atoms with Crippen molar-refractivity contribution >= 4 is 0 Å². The summed E-state index contributed by atoms with van der Waals surface area (Å²) in [6, 6.07) is 1.31. The molecule has 0 saturated carbocycles. The zero-order chi connectivity index (χ0) is 8.15. The first-order valence-corrected chi connectivity index (χ1v) is 2.68. The zero-order valence-electron chi connectivity index (χ0n) is 5.18. The van der Waals surface area contributed by atoms with Crippen molar-refractivity contribution in [2.45, 2.75) is 18.3 Å². The van der Waals surface area contributed by atoms with Crippen molar-refractivity contribution in [3.63, 3.8) is 0 Å². The van der Waals surface area contributed by atoms with Crippen LogP contribution in [0.15, 0.2) is 0 Å². The van der Waals surface area contributed by atoms with Crippen LogP contribution in [0.1, 0.15) is 0 Å². The van der Waals surface area contributed by atoms with Crippen LogP contribution >= 0.6 is 0 Å². The molecule has 5 heteroatoms. The first-order chi connectivity index (χ1) is 4.63. The standard InChI is InChI=1S/C5H9NO4/c6-1-3(8)5(10)4(9)2-7/h3-5,7-10H,2H2. The van der Waals surface area contributed by atoms with Gasteiger partial charge in [-0.05, 0) is 0 Å². The maximum atomic E-state index is 8.70. The maximum Gasteiger partial charge on any atom is 0.168 e. The third-order valence-corrected chi connectivity index (χ3v) is 1.04. The van der Waals surface area contributed by atoms with Crippen LogP contribution in [0.25, 0.3) is 0 Å². The van der Waals surface area contributed by atoms with Gasteiger partial charge in [0.1, 0.15) is 12.2 Å². The molecule has 0 heterocycles. The monoisotopic (exact) mass is 147 g/mol. The van der Waals surface area contributed by atoms with E-state index in [4.69, 9.17) is 25.7 Å². The Morgan fingerprint density at radius 2 is 1.80 bits per heavy atom. The Morgan fingerprint density at radius 1 is 1.30 bits per heavy atom. The lowest BCUT2D eigenvalue weighted by Gasteiger charge is -2.15. The molecule has 0 aliphatic rings. The maximum absolute atomic E-state index is 8.70. The van der Waals surface area contributed by atoms with Crippen LogP contribution in [0.4, 0.5) is 0 Å². The second-order valence-electron chi connectivity index (χ2n) is 1.81. The van der Waals surface area contributed by atoms with E-state index in [0.717, 1.165) is 0 Å². The van der Waals surface area contributed by atoms with E-state index in [0.29, 0.717) is 0 Å². The highest BCUT2D eigenvalue weighted by molar-refractivity contribution is 4.91. The third-order valence-electron chi connectivity index (χ3n) is 1.04. The summed E-state index contributed by atoms with van der Waals surface area (Å²) in [5.41, 5.74) is 0. The van der Waals surface area contributed by atoms with E-state index in [-0.39, 0.29) is 0 Å². The van der Waals surface area contributed by atoms with E-state index >= 15 is 0 Å². The van der Waals surface area contributed by atoms with Gasteiger partial charge in [0.25, 0.3) is 0 Å². The minimum atomic E-state index is -1.65. The largest absolute Gasteiger partial charge is 0.394 e. The fourth-order valence-electron chi connectivity index (χ4n) is 0.395. The van der Waals surface area contributed by atoms with Gasteiger partial charge in [-0.2, -0.15) is 5.26 Å². The number of rotatable bonds is 3. The first-order valence-electron chi connectivity index (χ1n) is 2.68. The molecule has 5 nitrogen and oxygen atoms in total. The lowest BCUT2D eigenvalue weighted by molar-refractivity contribution is -0.0588. The van der Waals surface area contributed by atoms with Crippen LogP contribution in [-0.2, 0) is 0 Å². The van der Waals surface area contributed by atoms with E-state index in [1.165, 1.54) is 6.07 Å². The van der Waals surface area contributed by atoms with Crippen molar-refractivity contribution in [2.24, 2.45) is 0 Å². The molecule has 58 valence electrons. The Morgan fingerprint density at radius 3 is 2.10 bits per heavy atom. The van der Waals surface area contributed by atoms with Crippen LogP contribution < -0.4 is 0 Å². The molecule has 3 atom stereocenters. The van der Waals surface area contributed by atoms with Crippen molar-refractivity contribution in [1.82, 2.24) is 0 Å². The Labute approximate surface area is 57.8 Å². The Kier molecular flexibility index (Phi) is 3.91. The molecule has 0 aromatic heterocycles. The molecule has 0 spiro atoms. The molecule has 0 aromatic carbocycles. The van der Waals surface area contributed by atoms with Crippen LogP contribution in [-0.4, -0.2) is 45.3 Å². The predicted molar refractivity (Wildman–Crippen MR) is 30.7 cm³/mol. The number of hydrogen-bond donors (Lipinski definition) is 4. The van der Waals surface area contributed by atoms with Gasteiger partial charge in [-0.15, -0.1) is 0 Å². The Hall–Kier alpha value is -0.670. The quantitative estimate of drug-likeness (QED) is 0.333. The molecule has 0 radical (unpaired) electrons. The van der Waals surface area contributed by atoms with Crippen LogP contribution in [0.5, 0.6) is 0 Å². The highest BCUT2D eigenvalue weighted by Crippen LogP contribution is 1.97. The summed E-state index contributed by atoms with van der Waals surface area (Å²) < 4.78 is 0. The number of aliphatic hydroxyl groups is 4. The minimum Gasteiger partial charge on any atom is -0.394 e. The zero-order valence-corrected chi connectivity index (χ0v) is 5.18. The van der Waals surface area contributed by atoms with Crippen LogP contribution in [0, 0.1) is 11.3 Å². The van der Waals surface area contributed by atoms with E-state index < -0.39 is 24.9 Å². The highest BCUT2D eigenvalue weighted by atomic mass is 16.4. The normalized spacial score (nSPS) is 19.1. The summed E-state index contributed by atoms with van der Waals surface area (Å²) in [5, 5.41) is 42.1. The number of nitriles is 1. The van der Waals surface area contributed by atoms with Crippen molar-refractivity contribution < 1.29 is 20.4 Å². The molecule has 3 unspecified atom stereocenters. The van der Waals surface area contributed by atoms with Crippen molar-refractivity contribution in [1.29, 1.82) is 5.26 Å².